The highest BCUT2D eigenvalue weighted by Crippen LogP contribution is 2.42. The molecule has 296 valence electrons. The highest BCUT2D eigenvalue weighted by Gasteiger charge is 2.21. The van der Waals surface area contributed by atoms with Crippen molar-refractivity contribution in [1.82, 2.24) is 24.5 Å². The average Bonchev–Trinajstić information content (AvgIpc) is 3.88. The van der Waals surface area contributed by atoms with Gasteiger partial charge in [0.2, 0.25) is 0 Å². The van der Waals surface area contributed by atoms with Crippen LogP contribution in [0.3, 0.4) is 0 Å². The molecule has 0 aliphatic carbocycles. The molecule has 0 radical (unpaired) electrons. The van der Waals surface area contributed by atoms with Crippen molar-refractivity contribution in [3.05, 3.63) is 224 Å². The number of fused-ring (bicyclic) bond motifs is 6. The fraction of sp³-hybridized carbons (Fsp3) is 0.0175. The average molecular weight is 824 g/mol. The fourth-order valence-electron chi connectivity index (χ4n) is 8.89. The Hall–Kier alpha value is -8.06. The minimum Gasteiger partial charge on any atom is -0.307 e. The second-order valence-corrected chi connectivity index (χ2v) is 16.9. The Balaban J connectivity index is 1.11. The van der Waals surface area contributed by atoms with Gasteiger partial charge in [-0.3, -0.25) is 4.98 Å². The Labute approximate surface area is 368 Å². The molecule has 0 spiro atoms. The van der Waals surface area contributed by atoms with Gasteiger partial charge >= 0.3 is 0 Å². The lowest BCUT2D eigenvalue weighted by molar-refractivity contribution is 0.899. The van der Waals surface area contributed by atoms with E-state index in [0.29, 0.717) is 23.9 Å². The van der Waals surface area contributed by atoms with Crippen LogP contribution in [-0.4, -0.2) is 24.5 Å². The number of thiophene rings is 1. The molecule has 5 nitrogen and oxygen atoms in total. The largest absolute Gasteiger partial charge is 0.307 e. The predicted octanol–water partition coefficient (Wildman–Crippen LogP) is 14.7. The highest BCUT2D eigenvalue weighted by atomic mass is 32.1. The summed E-state index contributed by atoms with van der Waals surface area (Å²) in [5.74, 6) is 1.90. The molecular formula is C57H37N5S. The lowest BCUT2D eigenvalue weighted by Gasteiger charge is -2.16. The van der Waals surface area contributed by atoms with Crippen LogP contribution >= 0.6 is 11.3 Å². The molecular weight excluding hydrogens is 787 g/mol. The third-order valence-electron chi connectivity index (χ3n) is 11.9. The molecule has 8 aromatic carbocycles. The minimum absolute atomic E-state index is 0.368. The van der Waals surface area contributed by atoms with E-state index in [1.165, 1.54) is 30.9 Å². The smallest absolute Gasteiger partial charge is 0.163 e. The van der Waals surface area contributed by atoms with Gasteiger partial charge in [-0.1, -0.05) is 158 Å². The zero-order valence-electron chi connectivity index (χ0n) is 34.1. The third-order valence-corrected chi connectivity index (χ3v) is 13.0. The van der Waals surface area contributed by atoms with Gasteiger partial charge in [0.05, 0.1) is 34.5 Å². The van der Waals surface area contributed by atoms with Gasteiger partial charge in [-0.05, 0) is 76.9 Å². The molecule has 4 aromatic heterocycles. The van der Waals surface area contributed by atoms with E-state index in [1.54, 1.807) is 0 Å². The topological polar surface area (TPSA) is 56.5 Å². The third kappa shape index (κ3) is 6.74. The maximum Gasteiger partial charge on any atom is 0.163 e. The van der Waals surface area contributed by atoms with Crippen molar-refractivity contribution in [2.75, 3.05) is 0 Å². The van der Waals surface area contributed by atoms with Crippen LogP contribution in [0.15, 0.2) is 212 Å². The maximum absolute atomic E-state index is 5.67. The van der Waals surface area contributed by atoms with Crippen molar-refractivity contribution in [2.45, 2.75) is 6.42 Å². The van der Waals surface area contributed by atoms with Gasteiger partial charge < -0.3 is 4.57 Å². The number of nitrogens with zero attached hydrogens (tertiary/aromatic N) is 5. The summed E-state index contributed by atoms with van der Waals surface area (Å²) in [7, 11) is 0. The molecule has 6 heteroatoms. The van der Waals surface area contributed by atoms with Gasteiger partial charge in [0.1, 0.15) is 5.82 Å². The first-order valence-electron chi connectivity index (χ1n) is 21.2. The molecule has 0 atom stereocenters. The van der Waals surface area contributed by atoms with Crippen molar-refractivity contribution in [1.29, 1.82) is 0 Å². The van der Waals surface area contributed by atoms with E-state index >= 15 is 0 Å². The van der Waals surface area contributed by atoms with Gasteiger partial charge in [0, 0.05) is 47.6 Å². The number of rotatable bonds is 8. The molecule has 0 saturated heterocycles. The van der Waals surface area contributed by atoms with E-state index < -0.39 is 0 Å². The molecule has 12 aromatic rings. The fourth-order valence-corrected chi connectivity index (χ4v) is 10.0. The zero-order chi connectivity index (χ0) is 41.7. The minimum atomic E-state index is 0.368. The molecule has 0 unspecified atom stereocenters. The normalized spacial score (nSPS) is 11.6. The van der Waals surface area contributed by atoms with E-state index in [-0.39, 0.29) is 0 Å². The van der Waals surface area contributed by atoms with E-state index in [2.05, 4.69) is 180 Å². The van der Waals surface area contributed by atoms with Crippen molar-refractivity contribution >= 4 is 53.3 Å². The molecule has 0 N–H and O–H groups in total. The van der Waals surface area contributed by atoms with Gasteiger partial charge in [0.15, 0.2) is 11.6 Å². The number of pyridine rings is 1. The summed E-state index contributed by atoms with van der Waals surface area (Å²) in [5, 5.41) is 4.93. The summed E-state index contributed by atoms with van der Waals surface area (Å²) in [6, 6.07) is 74.9. The second kappa shape index (κ2) is 15.4. The van der Waals surface area contributed by atoms with Gasteiger partial charge in [0.25, 0.3) is 0 Å². The summed E-state index contributed by atoms with van der Waals surface area (Å²) in [5.41, 5.74) is 12.4. The van der Waals surface area contributed by atoms with Crippen LogP contribution in [0.5, 0.6) is 0 Å². The molecule has 0 saturated carbocycles. The Morgan fingerprint density at radius 1 is 0.349 bits per heavy atom. The monoisotopic (exact) mass is 823 g/mol. The summed E-state index contributed by atoms with van der Waals surface area (Å²) in [4.78, 5) is 21.0. The Kier molecular flexibility index (Phi) is 9.01. The first kappa shape index (κ1) is 36.8. The molecule has 0 aliphatic heterocycles. The summed E-state index contributed by atoms with van der Waals surface area (Å²) in [6.07, 6.45) is 0.368. The summed E-state index contributed by atoms with van der Waals surface area (Å²) < 4.78 is 4.96. The molecule has 0 aliphatic rings. The van der Waals surface area contributed by atoms with Crippen molar-refractivity contribution in [3.63, 3.8) is 0 Å². The lowest BCUT2D eigenvalue weighted by atomic mass is 9.94. The van der Waals surface area contributed by atoms with Crippen molar-refractivity contribution in [2.24, 2.45) is 0 Å². The van der Waals surface area contributed by atoms with Crippen LogP contribution in [0.2, 0.25) is 0 Å². The number of para-hydroxylation sites is 1. The number of hydrogen-bond donors (Lipinski definition) is 0. The Morgan fingerprint density at radius 3 is 1.52 bits per heavy atom. The quantitative estimate of drug-likeness (QED) is 0.153. The van der Waals surface area contributed by atoms with E-state index in [9.17, 15) is 0 Å². The van der Waals surface area contributed by atoms with E-state index in [0.717, 1.165) is 67.1 Å². The zero-order valence-corrected chi connectivity index (χ0v) is 34.9. The summed E-state index contributed by atoms with van der Waals surface area (Å²) >= 11 is 1.85. The van der Waals surface area contributed by atoms with Gasteiger partial charge in [-0.2, -0.15) is 0 Å². The van der Waals surface area contributed by atoms with Crippen molar-refractivity contribution < 1.29 is 0 Å². The van der Waals surface area contributed by atoms with Crippen LogP contribution in [0.4, 0.5) is 0 Å². The number of hydrogen-bond acceptors (Lipinski definition) is 5. The van der Waals surface area contributed by atoms with E-state index in [4.69, 9.17) is 19.9 Å². The van der Waals surface area contributed by atoms with Gasteiger partial charge in [-0.15, -0.1) is 11.3 Å². The lowest BCUT2D eigenvalue weighted by Crippen LogP contribution is -2.09. The van der Waals surface area contributed by atoms with Crippen molar-refractivity contribution in [3.8, 4) is 62.0 Å². The first-order valence-corrected chi connectivity index (χ1v) is 22.0. The van der Waals surface area contributed by atoms with E-state index in [1.807, 2.05) is 47.7 Å². The van der Waals surface area contributed by atoms with Crippen LogP contribution in [0.1, 0.15) is 11.5 Å². The molecule has 12 rings (SSSR count). The molecule has 0 amide bonds. The van der Waals surface area contributed by atoms with Crippen LogP contribution in [0, 0.1) is 0 Å². The highest BCUT2D eigenvalue weighted by molar-refractivity contribution is 7.25. The Bertz CT molecular complexity index is 3520. The standard InChI is InChI=1S/C57H37N5S/c1-5-17-37(18-6-1)41-31-42(38-19-7-2-8-20-38)33-43(32-41)48-29-30-51(49(58-48)36-55-59-56(39-21-9-3-10-22-39)61-57(60-55)40-23-11-4-12-24-40)62-50-27-15-13-25-44(50)46-35-54-47(34-52(46)62)45-26-14-16-28-53(45)63-54/h1-35H,36H2. The summed E-state index contributed by atoms with van der Waals surface area (Å²) in [6.45, 7) is 0. The predicted molar refractivity (Wildman–Crippen MR) is 261 cm³/mol. The number of benzene rings is 8. The molecule has 0 fully saturated rings. The first-order chi connectivity index (χ1) is 31.2. The number of aromatic nitrogens is 5. The van der Waals surface area contributed by atoms with Gasteiger partial charge in [-0.25, -0.2) is 15.0 Å². The second-order valence-electron chi connectivity index (χ2n) is 15.8. The van der Waals surface area contributed by atoms with Crippen LogP contribution in [0.25, 0.3) is 104 Å². The maximum atomic E-state index is 5.67. The van der Waals surface area contributed by atoms with Crippen LogP contribution < -0.4 is 0 Å². The molecule has 0 bridgehead atoms. The molecule has 63 heavy (non-hydrogen) atoms. The molecule has 4 heterocycles. The Morgan fingerprint density at radius 2 is 0.889 bits per heavy atom. The SMILES string of the molecule is c1ccc(-c2cc(-c3ccccc3)cc(-c3ccc(-n4c5ccccc5c5cc6sc7ccccc7c6cc54)c(Cc4nc(-c5ccccc5)nc(-c5ccccc5)n4)n3)c2)cc1. The van der Waals surface area contributed by atoms with Crippen LogP contribution in [-0.2, 0) is 6.42 Å².